The molecule has 3 heteroatoms. The summed E-state index contributed by atoms with van der Waals surface area (Å²) in [5, 5.41) is 11.1. The van der Waals surface area contributed by atoms with Gasteiger partial charge >= 0.3 is 5.97 Å². The Morgan fingerprint density at radius 3 is 2.58 bits per heavy atom. The van der Waals surface area contributed by atoms with Crippen LogP contribution in [0, 0.1) is 34.5 Å². The summed E-state index contributed by atoms with van der Waals surface area (Å²) in [6.45, 7) is 6.49. The predicted octanol–water partition coefficient (Wildman–Crippen LogP) is 4.32. The maximum Gasteiger partial charge on any atom is 0.302 e. The summed E-state index contributed by atoms with van der Waals surface area (Å²) in [6.07, 6.45) is 10.7. The van der Waals surface area contributed by atoms with Gasteiger partial charge < -0.3 is 9.84 Å². The van der Waals surface area contributed by atoms with E-state index in [0.29, 0.717) is 28.6 Å². The number of hydrogen-bond acceptors (Lipinski definition) is 3. The lowest BCUT2D eigenvalue weighted by Gasteiger charge is -2.61. The molecule has 0 aromatic carbocycles. The number of fused-ring (bicyclic) bond motifs is 5. The van der Waals surface area contributed by atoms with Gasteiger partial charge in [0.2, 0.25) is 0 Å². The number of esters is 1. The molecule has 0 radical (unpaired) electrons. The summed E-state index contributed by atoms with van der Waals surface area (Å²) in [4.78, 5) is 11.3. The van der Waals surface area contributed by atoms with Crippen molar-refractivity contribution < 1.29 is 14.6 Å². The van der Waals surface area contributed by atoms with Gasteiger partial charge in [0.15, 0.2) is 0 Å². The van der Waals surface area contributed by atoms with E-state index in [-0.39, 0.29) is 18.2 Å². The first-order valence-electron chi connectivity index (χ1n) is 10.2. The van der Waals surface area contributed by atoms with Gasteiger partial charge in [-0.1, -0.05) is 20.3 Å². The highest BCUT2D eigenvalue weighted by atomic mass is 16.5. The zero-order chi connectivity index (χ0) is 17.1. The number of carbonyl (C=O) groups excluding carboxylic acids is 1. The van der Waals surface area contributed by atoms with Gasteiger partial charge in [-0.2, -0.15) is 0 Å². The molecule has 3 nitrogen and oxygen atoms in total. The van der Waals surface area contributed by atoms with E-state index in [9.17, 15) is 9.90 Å². The number of carbonyl (C=O) groups is 1. The van der Waals surface area contributed by atoms with Crippen LogP contribution in [0.5, 0.6) is 0 Å². The van der Waals surface area contributed by atoms with Gasteiger partial charge in [0.25, 0.3) is 0 Å². The van der Waals surface area contributed by atoms with E-state index in [1.54, 1.807) is 0 Å². The lowest BCUT2D eigenvalue weighted by atomic mass is 9.44. The third-order valence-electron chi connectivity index (χ3n) is 8.75. The molecule has 4 rings (SSSR count). The molecular weight excluding hydrogens is 300 g/mol. The number of hydrogen-bond donors (Lipinski definition) is 1. The fourth-order valence-corrected chi connectivity index (χ4v) is 7.52. The van der Waals surface area contributed by atoms with E-state index in [2.05, 4.69) is 13.8 Å². The van der Waals surface area contributed by atoms with Crippen molar-refractivity contribution in [2.75, 3.05) is 0 Å². The van der Waals surface area contributed by atoms with Crippen molar-refractivity contribution in [3.8, 4) is 0 Å². The van der Waals surface area contributed by atoms with Gasteiger partial charge in [-0.25, -0.2) is 0 Å². The highest BCUT2D eigenvalue weighted by molar-refractivity contribution is 5.66. The van der Waals surface area contributed by atoms with E-state index < -0.39 is 0 Å². The standard InChI is InChI=1S/C21H34O3/c1-13(22)24-15-6-10-21(3)14(11-15)12-18(23)19-16-5-4-8-20(16,2)9-7-17(19)21/h14-19,23H,4-12H2,1-3H3/t14-,15-,16-,17-,18+,19-,20+,21+/m1/s1. The molecule has 1 N–H and O–H groups in total. The van der Waals surface area contributed by atoms with Crippen LogP contribution in [0.25, 0.3) is 0 Å². The summed E-state index contributed by atoms with van der Waals surface area (Å²) in [6, 6.07) is 0. The Morgan fingerprint density at radius 1 is 1.04 bits per heavy atom. The van der Waals surface area contributed by atoms with Crippen molar-refractivity contribution in [1.82, 2.24) is 0 Å². The first-order chi connectivity index (χ1) is 11.3. The fourth-order valence-electron chi connectivity index (χ4n) is 7.52. The molecule has 0 aliphatic heterocycles. The first-order valence-corrected chi connectivity index (χ1v) is 10.2. The van der Waals surface area contributed by atoms with E-state index in [4.69, 9.17) is 4.74 Å². The molecule has 4 fully saturated rings. The molecule has 0 unspecified atom stereocenters. The van der Waals surface area contributed by atoms with Crippen LogP contribution in [0.4, 0.5) is 0 Å². The molecule has 0 saturated heterocycles. The van der Waals surface area contributed by atoms with Crippen LogP contribution in [-0.4, -0.2) is 23.3 Å². The average molecular weight is 335 g/mol. The monoisotopic (exact) mass is 334 g/mol. The molecule has 0 amide bonds. The van der Waals surface area contributed by atoms with Crippen molar-refractivity contribution in [1.29, 1.82) is 0 Å². The third-order valence-corrected chi connectivity index (χ3v) is 8.75. The van der Waals surface area contributed by atoms with E-state index in [1.807, 2.05) is 0 Å². The summed E-state index contributed by atoms with van der Waals surface area (Å²) in [5.41, 5.74) is 0.824. The van der Waals surface area contributed by atoms with Crippen molar-refractivity contribution in [3.63, 3.8) is 0 Å². The summed E-state index contributed by atoms with van der Waals surface area (Å²) < 4.78 is 5.52. The minimum absolute atomic E-state index is 0.0738. The maximum atomic E-state index is 11.3. The van der Waals surface area contributed by atoms with Crippen LogP contribution in [0.15, 0.2) is 0 Å². The maximum absolute atomic E-state index is 11.3. The van der Waals surface area contributed by atoms with Gasteiger partial charge in [0.05, 0.1) is 6.10 Å². The Balaban J connectivity index is 1.58. The Kier molecular flexibility index (Phi) is 4.02. The molecule has 4 saturated carbocycles. The van der Waals surface area contributed by atoms with Gasteiger partial charge in [-0.05, 0) is 85.9 Å². The predicted molar refractivity (Wildman–Crippen MR) is 93.3 cm³/mol. The van der Waals surface area contributed by atoms with Crippen LogP contribution in [0.1, 0.15) is 78.6 Å². The fraction of sp³-hybridized carbons (Fsp3) is 0.952. The second kappa shape index (κ2) is 5.72. The van der Waals surface area contributed by atoms with Crippen LogP contribution in [-0.2, 0) is 9.53 Å². The van der Waals surface area contributed by atoms with E-state index in [1.165, 1.54) is 39.0 Å². The smallest absolute Gasteiger partial charge is 0.302 e. The first kappa shape index (κ1) is 16.9. The van der Waals surface area contributed by atoms with Crippen LogP contribution in [0.2, 0.25) is 0 Å². The van der Waals surface area contributed by atoms with Crippen LogP contribution >= 0.6 is 0 Å². The van der Waals surface area contributed by atoms with Crippen LogP contribution in [0.3, 0.4) is 0 Å². The molecule has 0 heterocycles. The Morgan fingerprint density at radius 2 is 1.83 bits per heavy atom. The van der Waals surface area contributed by atoms with Crippen LogP contribution < -0.4 is 0 Å². The number of aliphatic hydroxyl groups excluding tert-OH is 1. The Labute approximate surface area is 146 Å². The van der Waals surface area contributed by atoms with E-state index >= 15 is 0 Å². The molecule has 4 aliphatic carbocycles. The molecule has 4 aliphatic rings. The highest BCUT2D eigenvalue weighted by Crippen LogP contribution is 2.66. The molecule has 8 atom stereocenters. The number of aliphatic hydroxyl groups is 1. The summed E-state index contributed by atoms with van der Waals surface area (Å²) in [7, 11) is 0. The second-order valence-electron chi connectivity index (χ2n) is 9.89. The molecule has 136 valence electrons. The van der Waals surface area contributed by atoms with Crippen molar-refractivity contribution in [3.05, 3.63) is 0 Å². The second-order valence-corrected chi connectivity index (χ2v) is 9.89. The quantitative estimate of drug-likeness (QED) is 0.726. The minimum Gasteiger partial charge on any atom is -0.463 e. The average Bonchev–Trinajstić information content (AvgIpc) is 2.90. The largest absolute Gasteiger partial charge is 0.463 e. The Hall–Kier alpha value is -0.570. The molecule has 0 spiro atoms. The number of rotatable bonds is 1. The lowest BCUT2D eigenvalue weighted by Crippen LogP contribution is -2.58. The van der Waals surface area contributed by atoms with E-state index in [0.717, 1.165) is 31.6 Å². The topological polar surface area (TPSA) is 46.5 Å². The molecule has 0 aromatic heterocycles. The molecule has 0 aromatic rings. The summed E-state index contributed by atoms with van der Waals surface area (Å²) >= 11 is 0. The molecule has 24 heavy (non-hydrogen) atoms. The normalized spacial score (nSPS) is 53.7. The third kappa shape index (κ3) is 2.45. The SMILES string of the molecule is CC(=O)O[C@@H]1CC[C@@]2(C)[C@H](C1)C[C@H](O)[C@@H]1[C@H]3CCC[C@@]3(C)CC[C@H]12. The number of ether oxygens (including phenoxy) is 1. The minimum atomic E-state index is -0.155. The van der Waals surface area contributed by atoms with Crippen molar-refractivity contribution in [2.45, 2.75) is 90.8 Å². The zero-order valence-electron chi connectivity index (χ0n) is 15.6. The van der Waals surface area contributed by atoms with Crippen molar-refractivity contribution >= 4 is 5.97 Å². The van der Waals surface area contributed by atoms with Crippen molar-refractivity contribution in [2.24, 2.45) is 34.5 Å². The lowest BCUT2D eigenvalue weighted by molar-refractivity contribution is -0.178. The Bertz CT molecular complexity index is 517. The van der Waals surface area contributed by atoms with Gasteiger partial charge in [0.1, 0.15) is 6.10 Å². The highest BCUT2D eigenvalue weighted by Gasteiger charge is 2.60. The zero-order valence-corrected chi connectivity index (χ0v) is 15.6. The van der Waals surface area contributed by atoms with Gasteiger partial charge in [0, 0.05) is 6.92 Å². The summed E-state index contributed by atoms with van der Waals surface area (Å²) in [5.74, 6) is 2.27. The molecule has 0 bridgehead atoms. The van der Waals surface area contributed by atoms with Gasteiger partial charge in [-0.15, -0.1) is 0 Å². The van der Waals surface area contributed by atoms with Gasteiger partial charge in [-0.3, -0.25) is 4.79 Å². The molecular formula is C21H34O3.